The molecule has 0 bridgehead atoms. The monoisotopic (exact) mass is 467 g/mol. The van der Waals surface area contributed by atoms with Crippen molar-refractivity contribution >= 4 is 38.0 Å². The first-order chi connectivity index (χ1) is 13.2. The minimum atomic E-state index is -3.78. The van der Waals surface area contributed by atoms with Crippen LogP contribution < -0.4 is 4.74 Å². The summed E-state index contributed by atoms with van der Waals surface area (Å²) < 4.78 is 48.1. The van der Waals surface area contributed by atoms with E-state index in [4.69, 9.17) is 4.74 Å². The van der Waals surface area contributed by atoms with Crippen LogP contribution in [-0.2, 0) is 10.0 Å². The quantitative estimate of drug-likeness (QED) is 0.491. The highest BCUT2D eigenvalue weighted by Crippen LogP contribution is 2.30. The number of rotatable bonds is 5. The fraction of sp³-hybridized carbons (Fsp3) is 0.263. The molecule has 0 spiro atoms. The molecule has 148 valence electrons. The summed E-state index contributed by atoms with van der Waals surface area (Å²) in [6, 6.07) is 9.36. The molecule has 0 saturated heterocycles. The van der Waals surface area contributed by atoms with Crippen LogP contribution >= 0.6 is 15.9 Å². The van der Waals surface area contributed by atoms with Gasteiger partial charge in [0, 0.05) is 16.6 Å². The van der Waals surface area contributed by atoms with Gasteiger partial charge in [-0.3, -0.25) is 0 Å². The van der Waals surface area contributed by atoms with E-state index in [1.54, 1.807) is 23.2 Å². The molecule has 2 aromatic rings. The molecule has 2 aromatic carbocycles. The molecule has 1 aliphatic rings. The lowest BCUT2D eigenvalue weighted by Gasteiger charge is -2.21. The van der Waals surface area contributed by atoms with Crippen molar-refractivity contribution in [2.75, 3.05) is 13.7 Å². The lowest BCUT2D eigenvalue weighted by atomic mass is 10.1. The summed E-state index contributed by atoms with van der Waals surface area (Å²) >= 11 is 3.29. The van der Waals surface area contributed by atoms with Gasteiger partial charge in [0.25, 0.3) is 10.0 Å². The van der Waals surface area contributed by atoms with Crippen LogP contribution in [0.3, 0.4) is 0 Å². The van der Waals surface area contributed by atoms with E-state index in [2.05, 4.69) is 25.4 Å². The summed E-state index contributed by atoms with van der Waals surface area (Å²) in [5.41, 5.74) is 1.11. The minimum absolute atomic E-state index is 0.107. The summed E-state index contributed by atoms with van der Waals surface area (Å²) in [6.07, 6.45) is 1.52. The van der Waals surface area contributed by atoms with Crippen LogP contribution in [0.1, 0.15) is 25.0 Å². The van der Waals surface area contributed by atoms with E-state index >= 15 is 0 Å². The molecule has 28 heavy (non-hydrogen) atoms. The van der Waals surface area contributed by atoms with E-state index in [0.717, 1.165) is 0 Å². The summed E-state index contributed by atoms with van der Waals surface area (Å²) in [5.74, 6) is 0.103. The Bertz CT molecular complexity index is 1070. The molecule has 0 N–H and O–H groups in total. The summed E-state index contributed by atoms with van der Waals surface area (Å²) in [5, 5.41) is 5.98. The summed E-state index contributed by atoms with van der Waals surface area (Å²) in [7, 11) is -2.40. The Morgan fingerprint density at radius 3 is 2.71 bits per heavy atom. The lowest BCUT2D eigenvalue weighted by molar-refractivity contribution is 0.384. The molecule has 0 radical (unpaired) electrons. The van der Waals surface area contributed by atoms with Crippen LogP contribution in [0.5, 0.6) is 5.75 Å². The lowest BCUT2D eigenvalue weighted by Crippen LogP contribution is -2.29. The van der Waals surface area contributed by atoms with Crippen molar-refractivity contribution in [3.8, 4) is 5.75 Å². The van der Waals surface area contributed by atoms with Crippen LogP contribution in [0.25, 0.3) is 0 Å². The van der Waals surface area contributed by atoms with Gasteiger partial charge in [-0.1, -0.05) is 35.8 Å². The van der Waals surface area contributed by atoms with E-state index in [0.29, 0.717) is 22.1 Å². The second-order valence-corrected chi connectivity index (χ2v) is 9.13. The SMILES string of the molecule is COc1cc(/C=N/N(CC(C)C)C2=NS(=O)(=O)c3cc(Br)ccc32)ccc1F. The first kappa shape index (κ1) is 20.5. The number of ether oxygens (including phenoxy) is 1. The molecule has 3 rings (SSSR count). The number of nitrogens with zero attached hydrogens (tertiary/aromatic N) is 3. The fourth-order valence-electron chi connectivity index (χ4n) is 2.72. The predicted molar refractivity (Wildman–Crippen MR) is 110 cm³/mol. The molecule has 0 unspecified atom stereocenters. The zero-order valence-corrected chi connectivity index (χ0v) is 18.0. The Morgan fingerprint density at radius 2 is 2.04 bits per heavy atom. The van der Waals surface area contributed by atoms with Gasteiger partial charge < -0.3 is 4.74 Å². The number of hydrazone groups is 1. The normalized spacial score (nSPS) is 15.0. The molecule has 0 saturated carbocycles. The molecule has 9 heteroatoms. The van der Waals surface area contributed by atoms with Gasteiger partial charge in [0.15, 0.2) is 17.4 Å². The highest BCUT2D eigenvalue weighted by atomic mass is 79.9. The van der Waals surface area contributed by atoms with Gasteiger partial charge >= 0.3 is 0 Å². The first-order valence-corrected chi connectivity index (χ1v) is 10.7. The average molecular weight is 468 g/mol. The maximum Gasteiger partial charge on any atom is 0.285 e. The molecule has 0 amide bonds. The van der Waals surface area contributed by atoms with E-state index in [9.17, 15) is 12.8 Å². The number of halogens is 2. The van der Waals surface area contributed by atoms with Gasteiger partial charge in [0.05, 0.1) is 13.3 Å². The molecular formula is C19H19BrFN3O3S. The standard InChI is InChI=1S/C19H19BrFN3O3S/c1-12(2)11-24(22-10-13-4-7-16(21)17(8-13)27-3)19-15-6-5-14(20)9-18(15)28(25,26)23-19/h4-10,12H,11H2,1-3H3/b22-10+. The van der Waals surface area contributed by atoms with Crippen molar-refractivity contribution in [2.45, 2.75) is 18.7 Å². The number of hydrogen-bond acceptors (Lipinski definition) is 5. The van der Waals surface area contributed by atoms with Crippen molar-refractivity contribution < 1.29 is 17.5 Å². The maximum absolute atomic E-state index is 13.6. The van der Waals surface area contributed by atoms with Gasteiger partial charge in [-0.15, -0.1) is 4.40 Å². The van der Waals surface area contributed by atoms with Crippen molar-refractivity contribution in [3.63, 3.8) is 0 Å². The molecular weight excluding hydrogens is 449 g/mol. The van der Waals surface area contributed by atoms with Gasteiger partial charge in [-0.05, 0) is 41.8 Å². The number of sulfonamides is 1. The highest BCUT2D eigenvalue weighted by Gasteiger charge is 2.32. The van der Waals surface area contributed by atoms with Crippen molar-refractivity contribution in [1.29, 1.82) is 0 Å². The van der Waals surface area contributed by atoms with Crippen molar-refractivity contribution in [2.24, 2.45) is 15.4 Å². The second kappa shape index (κ2) is 8.00. The Balaban J connectivity index is 2.00. The summed E-state index contributed by atoms with van der Waals surface area (Å²) in [6.45, 7) is 4.45. The largest absolute Gasteiger partial charge is 0.494 e. The third-order valence-corrected chi connectivity index (χ3v) is 5.77. The van der Waals surface area contributed by atoms with Gasteiger partial charge in [0.2, 0.25) is 0 Å². The average Bonchev–Trinajstić information content (AvgIpc) is 2.90. The fourth-order valence-corrected chi connectivity index (χ4v) is 4.46. The Labute approximate surface area is 171 Å². The predicted octanol–water partition coefficient (Wildman–Crippen LogP) is 4.04. The minimum Gasteiger partial charge on any atom is -0.494 e. The van der Waals surface area contributed by atoms with Crippen molar-refractivity contribution in [1.82, 2.24) is 5.01 Å². The molecule has 0 atom stereocenters. The Kier molecular flexibility index (Phi) is 5.85. The number of methoxy groups -OCH3 is 1. The second-order valence-electron chi connectivity index (χ2n) is 6.64. The molecule has 0 aromatic heterocycles. The highest BCUT2D eigenvalue weighted by molar-refractivity contribution is 9.10. The first-order valence-electron chi connectivity index (χ1n) is 8.51. The molecule has 6 nitrogen and oxygen atoms in total. The zero-order valence-electron chi connectivity index (χ0n) is 15.6. The van der Waals surface area contributed by atoms with Crippen LogP contribution in [0, 0.1) is 11.7 Å². The molecule has 1 heterocycles. The zero-order chi connectivity index (χ0) is 20.5. The third kappa shape index (κ3) is 4.25. The van der Waals surface area contributed by atoms with E-state index in [-0.39, 0.29) is 22.4 Å². The van der Waals surface area contributed by atoms with E-state index in [1.807, 2.05) is 13.8 Å². The van der Waals surface area contributed by atoms with Crippen LogP contribution in [0.15, 0.2) is 55.3 Å². The van der Waals surface area contributed by atoms with Gasteiger partial charge in [-0.2, -0.15) is 13.5 Å². The van der Waals surface area contributed by atoms with Crippen LogP contribution in [-0.4, -0.2) is 39.1 Å². The molecule has 0 fully saturated rings. The topological polar surface area (TPSA) is 71.3 Å². The smallest absolute Gasteiger partial charge is 0.285 e. The summed E-state index contributed by atoms with van der Waals surface area (Å²) in [4.78, 5) is 0.143. The number of amidine groups is 1. The van der Waals surface area contributed by atoms with Crippen LogP contribution in [0.2, 0.25) is 0 Å². The number of fused-ring (bicyclic) bond motifs is 1. The van der Waals surface area contributed by atoms with Gasteiger partial charge in [0.1, 0.15) is 4.90 Å². The Hall–Kier alpha value is -2.26. The third-order valence-electron chi connectivity index (χ3n) is 3.97. The number of hydrogen-bond donors (Lipinski definition) is 0. The molecule has 1 aliphatic heterocycles. The Morgan fingerprint density at radius 1 is 1.29 bits per heavy atom. The van der Waals surface area contributed by atoms with Crippen LogP contribution in [0.4, 0.5) is 4.39 Å². The van der Waals surface area contributed by atoms with E-state index in [1.165, 1.54) is 31.5 Å². The van der Waals surface area contributed by atoms with E-state index < -0.39 is 15.8 Å². The van der Waals surface area contributed by atoms with Gasteiger partial charge in [-0.25, -0.2) is 9.40 Å². The number of benzene rings is 2. The molecule has 0 aliphatic carbocycles. The van der Waals surface area contributed by atoms with Crippen molar-refractivity contribution in [3.05, 3.63) is 57.8 Å². The maximum atomic E-state index is 13.6.